The Morgan fingerprint density at radius 2 is 2.11 bits per heavy atom. The van der Waals surface area contributed by atoms with Gasteiger partial charge in [0.05, 0.1) is 6.61 Å². The molecule has 0 aromatic rings. The Morgan fingerprint density at radius 3 is 2.84 bits per heavy atom. The first kappa shape index (κ1) is 15.3. The quantitative estimate of drug-likeness (QED) is 0.714. The average molecular weight is 381 g/mol. The fourth-order valence-electron chi connectivity index (χ4n) is 2.93. The molecule has 1 unspecified atom stereocenters. The summed E-state index contributed by atoms with van der Waals surface area (Å²) in [4.78, 5) is 4.39. The summed E-state index contributed by atoms with van der Waals surface area (Å²) in [6.45, 7) is 3.42. The number of ether oxygens (including phenoxy) is 2. The number of guanidine groups is 1. The lowest BCUT2D eigenvalue weighted by Gasteiger charge is -2.31. The van der Waals surface area contributed by atoms with Crippen LogP contribution in [0.25, 0.3) is 0 Å². The predicted molar refractivity (Wildman–Crippen MR) is 85.0 cm³/mol. The minimum absolute atomic E-state index is 0. The van der Waals surface area contributed by atoms with Crippen molar-refractivity contribution >= 4 is 29.9 Å². The number of rotatable bonds is 2. The molecule has 19 heavy (non-hydrogen) atoms. The van der Waals surface area contributed by atoms with E-state index in [-0.39, 0.29) is 35.9 Å². The zero-order chi connectivity index (χ0) is 12.3. The lowest BCUT2D eigenvalue weighted by atomic mass is 9.94. The zero-order valence-corrected chi connectivity index (χ0v) is 13.7. The van der Waals surface area contributed by atoms with Crippen molar-refractivity contribution in [3.8, 4) is 0 Å². The van der Waals surface area contributed by atoms with Gasteiger partial charge in [0.1, 0.15) is 6.10 Å². The summed E-state index contributed by atoms with van der Waals surface area (Å²) in [6.07, 6.45) is 7.18. The first-order chi connectivity index (χ1) is 8.86. The molecule has 110 valence electrons. The van der Waals surface area contributed by atoms with Crippen LogP contribution in [0, 0.1) is 0 Å². The van der Waals surface area contributed by atoms with Gasteiger partial charge in [-0.05, 0) is 19.3 Å². The van der Waals surface area contributed by atoms with Gasteiger partial charge >= 0.3 is 0 Å². The van der Waals surface area contributed by atoms with Crippen molar-refractivity contribution in [1.82, 2.24) is 10.6 Å². The van der Waals surface area contributed by atoms with E-state index in [0.29, 0.717) is 6.61 Å². The average Bonchev–Trinajstić information content (AvgIpc) is 2.82. The molecular formula is C13H24IN3O2. The van der Waals surface area contributed by atoms with E-state index in [1.165, 1.54) is 19.3 Å². The lowest BCUT2D eigenvalue weighted by Crippen LogP contribution is -2.44. The summed E-state index contributed by atoms with van der Waals surface area (Å²) in [5, 5.41) is 6.58. The first-order valence-electron chi connectivity index (χ1n) is 7.20. The van der Waals surface area contributed by atoms with Crippen molar-refractivity contribution in [3.63, 3.8) is 0 Å². The third kappa shape index (κ3) is 3.95. The summed E-state index contributed by atoms with van der Waals surface area (Å²) in [6, 6.07) is 0. The molecule has 1 atom stereocenters. The monoisotopic (exact) mass is 381 g/mol. The van der Waals surface area contributed by atoms with E-state index in [9.17, 15) is 0 Å². The molecule has 0 aromatic carbocycles. The van der Waals surface area contributed by atoms with E-state index in [2.05, 4.69) is 15.6 Å². The highest BCUT2D eigenvalue weighted by atomic mass is 127. The second kappa shape index (κ2) is 7.08. The van der Waals surface area contributed by atoms with Crippen molar-refractivity contribution in [2.24, 2.45) is 4.99 Å². The highest BCUT2D eigenvalue weighted by Crippen LogP contribution is 2.37. The van der Waals surface area contributed by atoms with E-state index in [1.54, 1.807) is 0 Å². The lowest BCUT2D eigenvalue weighted by molar-refractivity contribution is -0.186. The smallest absolute Gasteiger partial charge is 0.191 e. The molecule has 0 aromatic heterocycles. The molecule has 1 saturated heterocycles. The van der Waals surface area contributed by atoms with E-state index in [1.807, 2.05) is 0 Å². The zero-order valence-electron chi connectivity index (χ0n) is 11.3. The van der Waals surface area contributed by atoms with Crippen LogP contribution in [0.3, 0.4) is 0 Å². The second-order valence-electron chi connectivity index (χ2n) is 5.41. The number of hydrogen-bond donors (Lipinski definition) is 2. The van der Waals surface area contributed by atoms with Gasteiger partial charge in [-0.2, -0.15) is 0 Å². The van der Waals surface area contributed by atoms with Crippen LogP contribution < -0.4 is 10.6 Å². The van der Waals surface area contributed by atoms with Crippen LogP contribution in [0.15, 0.2) is 4.99 Å². The van der Waals surface area contributed by atoms with Crippen molar-refractivity contribution in [3.05, 3.63) is 0 Å². The maximum absolute atomic E-state index is 6.11. The Kier molecular flexibility index (Phi) is 5.70. The molecule has 2 N–H and O–H groups in total. The van der Waals surface area contributed by atoms with Crippen LogP contribution in [0.1, 0.15) is 38.5 Å². The molecule has 1 spiro atoms. The maximum Gasteiger partial charge on any atom is 0.191 e. The molecule has 1 saturated carbocycles. The maximum atomic E-state index is 6.11. The number of halogens is 1. The number of nitrogens with one attached hydrogen (secondary N) is 2. The van der Waals surface area contributed by atoms with Gasteiger partial charge in [-0.15, -0.1) is 24.0 Å². The van der Waals surface area contributed by atoms with Gasteiger partial charge in [0.2, 0.25) is 0 Å². The summed E-state index contributed by atoms with van der Waals surface area (Å²) < 4.78 is 12.0. The van der Waals surface area contributed by atoms with Gasteiger partial charge in [0.25, 0.3) is 0 Å². The molecule has 6 heteroatoms. The molecule has 5 nitrogen and oxygen atoms in total. The minimum atomic E-state index is -0.258. The van der Waals surface area contributed by atoms with Crippen molar-refractivity contribution < 1.29 is 9.47 Å². The Bertz CT molecular complexity index is 319. The largest absolute Gasteiger partial charge is 0.356 e. The SMILES string of the molecule is C1CCC2(CC1)OCC(CNC1=NCCCN1)O2.I. The number of hydrogen-bond acceptors (Lipinski definition) is 5. The van der Waals surface area contributed by atoms with Crippen molar-refractivity contribution in [2.45, 2.75) is 50.4 Å². The summed E-state index contributed by atoms with van der Waals surface area (Å²) >= 11 is 0. The van der Waals surface area contributed by atoms with Crippen molar-refractivity contribution in [2.75, 3.05) is 26.2 Å². The summed E-state index contributed by atoms with van der Waals surface area (Å²) in [7, 11) is 0. The van der Waals surface area contributed by atoms with E-state index in [4.69, 9.17) is 9.47 Å². The van der Waals surface area contributed by atoms with E-state index in [0.717, 1.165) is 44.9 Å². The first-order valence-corrected chi connectivity index (χ1v) is 7.20. The molecule has 0 amide bonds. The van der Waals surface area contributed by atoms with Crippen LogP contribution in [-0.4, -0.2) is 44.1 Å². The third-order valence-corrected chi connectivity index (χ3v) is 3.92. The van der Waals surface area contributed by atoms with Crippen molar-refractivity contribution in [1.29, 1.82) is 0 Å². The third-order valence-electron chi connectivity index (χ3n) is 3.92. The van der Waals surface area contributed by atoms with Crippen LogP contribution >= 0.6 is 24.0 Å². The topological polar surface area (TPSA) is 54.9 Å². The Labute approximate surface area is 131 Å². The van der Waals surface area contributed by atoms with Crippen LogP contribution in [0.4, 0.5) is 0 Å². The normalized spacial score (nSPS) is 29.3. The molecule has 2 heterocycles. The van der Waals surface area contributed by atoms with Crippen LogP contribution in [-0.2, 0) is 9.47 Å². The summed E-state index contributed by atoms with van der Waals surface area (Å²) in [5.41, 5.74) is 0. The molecule has 3 aliphatic rings. The molecule has 3 rings (SSSR count). The van der Waals surface area contributed by atoms with Gasteiger partial charge in [0.15, 0.2) is 11.7 Å². The summed E-state index contributed by atoms with van der Waals surface area (Å²) in [5.74, 6) is 0.654. The fourth-order valence-corrected chi connectivity index (χ4v) is 2.93. The molecule has 0 radical (unpaired) electrons. The fraction of sp³-hybridized carbons (Fsp3) is 0.923. The molecular weight excluding hydrogens is 357 g/mol. The molecule has 1 aliphatic carbocycles. The second-order valence-corrected chi connectivity index (χ2v) is 5.41. The van der Waals surface area contributed by atoms with Gasteiger partial charge in [-0.1, -0.05) is 6.42 Å². The van der Waals surface area contributed by atoms with Crippen LogP contribution in [0.2, 0.25) is 0 Å². The molecule has 2 aliphatic heterocycles. The Hall–Kier alpha value is -0.0800. The Morgan fingerprint density at radius 1 is 1.26 bits per heavy atom. The van der Waals surface area contributed by atoms with Gasteiger partial charge in [-0.25, -0.2) is 0 Å². The van der Waals surface area contributed by atoms with Gasteiger partial charge in [-0.3, -0.25) is 4.99 Å². The van der Waals surface area contributed by atoms with Crippen LogP contribution in [0.5, 0.6) is 0 Å². The number of nitrogens with zero attached hydrogens (tertiary/aromatic N) is 1. The Balaban J connectivity index is 0.00000133. The highest BCUT2D eigenvalue weighted by molar-refractivity contribution is 14.0. The van der Waals surface area contributed by atoms with Gasteiger partial charge < -0.3 is 20.1 Å². The predicted octanol–water partition coefficient (Wildman–Crippen LogP) is 1.62. The minimum Gasteiger partial charge on any atom is -0.356 e. The highest BCUT2D eigenvalue weighted by Gasteiger charge is 2.42. The number of aliphatic imine (C=N–C) groups is 1. The van der Waals surface area contributed by atoms with E-state index >= 15 is 0 Å². The van der Waals surface area contributed by atoms with Gasteiger partial charge in [0, 0.05) is 32.5 Å². The standard InChI is InChI=1S/C13H23N3O2.HI/c1-2-5-13(6-3-1)17-10-11(18-13)9-16-12-14-7-4-8-15-12;/h11H,1-10H2,(H2,14,15,16);1H. The molecule has 0 bridgehead atoms. The van der Waals surface area contributed by atoms with E-state index < -0.39 is 0 Å². The molecule has 2 fully saturated rings.